The Balaban J connectivity index is 2.01. The minimum Gasteiger partial charge on any atom is -0.299 e. The number of aryl methyl sites for hydroxylation is 1. The third-order valence-corrected chi connectivity index (χ3v) is 4.83. The Kier molecular flexibility index (Phi) is 6.01. The van der Waals surface area contributed by atoms with Crippen molar-refractivity contribution in [3.63, 3.8) is 0 Å². The first-order valence-corrected chi connectivity index (χ1v) is 9.35. The molecule has 131 valence electrons. The number of carbonyl (C=O) groups is 1. The molecule has 0 heterocycles. The smallest absolute Gasteiger partial charge is 0.141 e. The quantitative estimate of drug-likeness (QED) is 0.499. The summed E-state index contributed by atoms with van der Waals surface area (Å²) in [5, 5.41) is 0. The average Bonchev–Trinajstić information content (AvgIpc) is 2.68. The lowest BCUT2D eigenvalue weighted by Gasteiger charge is -2.19. The van der Waals surface area contributed by atoms with Gasteiger partial charge < -0.3 is 0 Å². The lowest BCUT2D eigenvalue weighted by atomic mass is 9.83. The minimum absolute atomic E-state index is 0.165. The Morgan fingerprint density at radius 1 is 1.00 bits per heavy atom. The molecule has 0 fully saturated rings. The lowest BCUT2D eigenvalue weighted by Crippen LogP contribution is -2.12. The summed E-state index contributed by atoms with van der Waals surface area (Å²) in [6, 6.07) is 27.8. The molecule has 0 bridgehead atoms. The van der Waals surface area contributed by atoms with Gasteiger partial charge >= 0.3 is 0 Å². The second kappa shape index (κ2) is 8.62. The first kappa shape index (κ1) is 18.1. The fourth-order valence-corrected chi connectivity index (χ4v) is 3.46. The summed E-state index contributed by atoms with van der Waals surface area (Å²) in [5.74, 6) is -0.0784. The largest absolute Gasteiger partial charge is 0.299 e. The van der Waals surface area contributed by atoms with Crippen LogP contribution in [0.15, 0.2) is 72.8 Å². The second-order valence-electron chi connectivity index (χ2n) is 6.77. The van der Waals surface area contributed by atoms with Gasteiger partial charge in [0.2, 0.25) is 0 Å². The summed E-state index contributed by atoms with van der Waals surface area (Å²) in [6.45, 7) is 3.89. The molecule has 0 aliphatic carbocycles. The molecule has 3 aromatic carbocycles. The van der Waals surface area contributed by atoms with E-state index in [-0.39, 0.29) is 11.7 Å². The number of unbranched alkanes of at least 4 members (excludes halogenated alkanes) is 1. The van der Waals surface area contributed by atoms with Gasteiger partial charge in [-0.15, -0.1) is 0 Å². The number of Topliss-reactive ketones (excluding diaryl/α,β-unsaturated/α-hetero) is 1. The fraction of sp³-hybridized carbons (Fsp3) is 0.240. The number of benzene rings is 3. The first-order valence-electron chi connectivity index (χ1n) is 9.35. The summed E-state index contributed by atoms with van der Waals surface area (Å²) < 4.78 is 0. The van der Waals surface area contributed by atoms with Crippen molar-refractivity contribution in [3.05, 3.63) is 95.6 Å². The highest BCUT2D eigenvalue weighted by Gasteiger charge is 2.22. The zero-order valence-corrected chi connectivity index (χ0v) is 15.5. The molecule has 0 aliphatic heterocycles. The first-order chi connectivity index (χ1) is 12.7. The molecule has 0 N–H and O–H groups in total. The zero-order valence-electron chi connectivity index (χ0n) is 15.5. The van der Waals surface area contributed by atoms with E-state index < -0.39 is 0 Å². The average molecular weight is 341 g/mol. The van der Waals surface area contributed by atoms with Crippen LogP contribution in [0.25, 0.3) is 11.1 Å². The van der Waals surface area contributed by atoms with Crippen molar-refractivity contribution in [1.29, 1.82) is 0 Å². The van der Waals surface area contributed by atoms with Crippen LogP contribution in [0, 0.1) is 6.07 Å². The highest BCUT2D eigenvalue weighted by molar-refractivity contribution is 5.89. The van der Waals surface area contributed by atoms with Crippen LogP contribution in [0.1, 0.15) is 49.3 Å². The van der Waals surface area contributed by atoms with Crippen molar-refractivity contribution in [3.8, 4) is 11.1 Å². The maximum atomic E-state index is 12.6. The molecule has 1 atom stereocenters. The highest BCUT2D eigenvalue weighted by atomic mass is 16.1. The molecule has 0 aromatic heterocycles. The molecule has 3 aromatic rings. The summed E-state index contributed by atoms with van der Waals surface area (Å²) >= 11 is 0. The number of rotatable bonds is 7. The minimum atomic E-state index is -0.244. The number of hydrogen-bond acceptors (Lipinski definition) is 1. The van der Waals surface area contributed by atoms with Crippen molar-refractivity contribution >= 4 is 5.78 Å². The maximum absolute atomic E-state index is 12.6. The van der Waals surface area contributed by atoms with E-state index >= 15 is 0 Å². The van der Waals surface area contributed by atoms with Crippen LogP contribution >= 0.6 is 0 Å². The van der Waals surface area contributed by atoms with Gasteiger partial charge in [-0.25, -0.2) is 0 Å². The van der Waals surface area contributed by atoms with E-state index in [2.05, 4.69) is 55.5 Å². The van der Waals surface area contributed by atoms with Gasteiger partial charge in [0, 0.05) is 0 Å². The molecule has 0 saturated carbocycles. The van der Waals surface area contributed by atoms with Gasteiger partial charge in [0.25, 0.3) is 0 Å². The number of ketones is 1. The van der Waals surface area contributed by atoms with Crippen LogP contribution in [0.4, 0.5) is 0 Å². The van der Waals surface area contributed by atoms with Crippen LogP contribution in [-0.2, 0) is 11.2 Å². The van der Waals surface area contributed by atoms with Gasteiger partial charge in [-0.05, 0) is 59.7 Å². The van der Waals surface area contributed by atoms with Crippen LogP contribution in [0.3, 0.4) is 0 Å². The molecular weight excluding hydrogens is 316 g/mol. The van der Waals surface area contributed by atoms with Gasteiger partial charge in [0.05, 0.1) is 5.92 Å². The number of hydrogen-bond donors (Lipinski definition) is 0. The molecule has 0 saturated heterocycles. The summed E-state index contributed by atoms with van der Waals surface area (Å²) in [4.78, 5) is 12.6. The molecular formula is C25H25O. The standard InChI is InChI=1S/C25H25O/c1-3-4-10-20-15-17-22(18-16-20)25(19(2)26)24-14-9-8-13-23(24)21-11-6-5-7-12-21/h5-6,8-9,11-18,25H,3-4,10H2,1-2H3. The van der Waals surface area contributed by atoms with Crippen LogP contribution in [-0.4, -0.2) is 5.78 Å². The predicted octanol–water partition coefficient (Wildman–Crippen LogP) is 6.22. The van der Waals surface area contributed by atoms with E-state index in [1.54, 1.807) is 6.92 Å². The third-order valence-electron chi connectivity index (χ3n) is 4.83. The number of carbonyl (C=O) groups excluding carboxylic acids is 1. The van der Waals surface area contributed by atoms with E-state index in [4.69, 9.17) is 0 Å². The van der Waals surface area contributed by atoms with E-state index in [9.17, 15) is 4.79 Å². The van der Waals surface area contributed by atoms with Crippen molar-refractivity contribution in [2.45, 2.75) is 39.0 Å². The van der Waals surface area contributed by atoms with Crippen molar-refractivity contribution in [2.75, 3.05) is 0 Å². The molecule has 0 aliphatic rings. The normalized spacial score (nSPS) is 11.9. The summed E-state index contributed by atoms with van der Waals surface area (Å²) in [5.41, 5.74) is 5.64. The molecule has 0 amide bonds. The summed E-state index contributed by atoms with van der Waals surface area (Å²) in [6.07, 6.45) is 3.49. The van der Waals surface area contributed by atoms with Gasteiger partial charge in [-0.2, -0.15) is 0 Å². The third kappa shape index (κ3) is 4.11. The van der Waals surface area contributed by atoms with E-state index in [0.29, 0.717) is 0 Å². The topological polar surface area (TPSA) is 17.1 Å². The van der Waals surface area contributed by atoms with Crippen molar-refractivity contribution < 1.29 is 4.79 Å². The van der Waals surface area contributed by atoms with Crippen LogP contribution in [0.2, 0.25) is 0 Å². The van der Waals surface area contributed by atoms with E-state index in [1.807, 2.05) is 30.3 Å². The summed E-state index contributed by atoms with van der Waals surface area (Å²) in [7, 11) is 0. The highest BCUT2D eigenvalue weighted by Crippen LogP contribution is 2.34. The molecule has 26 heavy (non-hydrogen) atoms. The van der Waals surface area contributed by atoms with E-state index in [0.717, 1.165) is 28.7 Å². The molecule has 1 nitrogen and oxygen atoms in total. The maximum Gasteiger partial charge on any atom is 0.141 e. The molecule has 0 spiro atoms. The Morgan fingerprint density at radius 3 is 2.42 bits per heavy atom. The predicted molar refractivity (Wildman–Crippen MR) is 108 cm³/mol. The Labute approximate surface area is 156 Å². The van der Waals surface area contributed by atoms with Crippen molar-refractivity contribution in [1.82, 2.24) is 0 Å². The lowest BCUT2D eigenvalue weighted by molar-refractivity contribution is -0.117. The molecule has 1 unspecified atom stereocenters. The van der Waals surface area contributed by atoms with Crippen LogP contribution < -0.4 is 0 Å². The molecule has 1 heteroatoms. The molecule has 3 rings (SSSR count). The Hall–Kier alpha value is -2.67. The van der Waals surface area contributed by atoms with Crippen LogP contribution in [0.5, 0.6) is 0 Å². The molecule has 1 radical (unpaired) electrons. The van der Waals surface area contributed by atoms with Gasteiger partial charge in [0.1, 0.15) is 5.78 Å². The monoisotopic (exact) mass is 341 g/mol. The Morgan fingerprint density at radius 2 is 1.77 bits per heavy atom. The fourth-order valence-electron chi connectivity index (χ4n) is 3.46. The van der Waals surface area contributed by atoms with Crippen molar-refractivity contribution in [2.24, 2.45) is 0 Å². The van der Waals surface area contributed by atoms with E-state index in [1.165, 1.54) is 18.4 Å². The van der Waals surface area contributed by atoms with Gasteiger partial charge in [0.15, 0.2) is 0 Å². The van der Waals surface area contributed by atoms with Gasteiger partial charge in [-0.1, -0.05) is 80.1 Å². The zero-order chi connectivity index (χ0) is 18.4. The van der Waals surface area contributed by atoms with Gasteiger partial charge in [-0.3, -0.25) is 4.79 Å². The second-order valence-corrected chi connectivity index (χ2v) is 6.77. The Bertz CT molecular complexity index is 847. The SMILES string of the molecule is CCCCc1ccc(C(C(C)=O)c2ccccc2-c2c[c]ccc2)cc1.